The Hall–Kier alpha value is -1.64. The van der Waals surface area contributed by atoms with Crippen LogP contribution in [-0.4, -0.2) is 68.4 Å². The highest BCUT2D eigenvalue weighted by atomic mass is 32.2. The number of rotatable bonds is 4. The van der Waals surface area contributed by atoms with Gasteiger partial charge in [0.25, 0.3) is 0 Å². The van der Waals surface area contributed by atoms with E-state index in [2.05, 4.69) is 32.7 Å². The number of carbonyl (C=O) groups is 1. The number of benzene rings is 1. The summed E-state index contributed by atoms with van der Waals surface area (Å²) in [5.74, 6) is 0. The van der Waals surface area contributed by atoms with Crippen molar-refractivity contribution in [3.63, 3.8) is 0 Å². The summed E-state index contributed by atoms with van der Waals surface area (Å²) in [5, 5.41) is 0. The van der Waals surface area contributed by atoms with E-state index in [0.717, 1.165) is 77.3 Å². The van der Waals surface area contributed by atoms with Crippen LogP contribution in [0, 0.1) is 0 Å². The molecule has 3 heterocycles. The smallest absolute Gasteiger partial charge is 0.410 e. The number of sulfonamides is 1. The minimum absolute atomic E-state index is 0.113. The first-order chi connectivity index (χ1) is 16.8. The zero-order chi connectivity index (χ0) is 24.6. The monoisotopic (exact) mass is 503 g/mol. The summed E-state index contributed by atoms with van der Waals surface area (Å²) in [6.45, 7) is 4.53. The Balaban J connectivity index is 1.24. The molecule has 0 radical (unpaired) electrons. The van der Waals surface area contributed by atoms with Gasteiger partial charge in [-0.25, -0.2) is 17.9 Å². The molecule has 8 heteroatoms. The third-order valence-electron chi connectivity index (χ3n) is 9.21. The molecule has 5 rings (SSSR count). The molecule has 3 atom stereocenters. The van der Waals surface area contributed by atoms with Crippen molar-refractivity contribution in [1.29, 1.82) is 0 Å². The van der Waals surface area contributed by atoms with E-state index in [1.165, 1.54) is 17.4 Å². The van der Waals surface area contributed by atoms with Crippen LogP contribution in [0.25, 0.3) is 0 Å². The number of nitrogens with one attached hydrogen (secondary N) is 1. The fourth-order valence-electron chi connectivity index (χ4n) is 7.52. The fourth-order valence-corrected chi connectivity index (χ4v) is 8.28. The third-order valence-corrected chi connectivity index (χ3v) is 9.92. The van der Waals surface area contributed by atoms with E-state index in [1.807, 2.05) is 13.0 Å². The molecule has 4 aliphatic rings. The van der Waals surface area contributed by atoms with E-state index in [0.29, 0.717) is 24.7 Å². The van der Waals surface area contributed by atoms with Crippen LogP contribution in [0.1, 0.15) is 88.3 Å². The van der Waals surface area contributed by atoms with Crippen LogP contribution in [0.5, 0.6) is 0 Å². The van der Waals surface area contributed by atoms with E-state index in [4.69, 9.17) is 4.74 Å². The first-order valence-corrected chi connectivity index (χ1v) is 15.4. The summed E-state index contributed by atoms with van der Waals surface area (Å²) < 4.78 is 32.1. The van der Waals surface area contributed by atoms with Crippen LogP contribution in [0.15, 0.2) is 24.3 Å². The van der Waals surface area contributed by atoms with Crippen LogP contribution in [-0.2, 0) is 20.2 Å². The average molecular weight is 504 g/mol. The summed E-state index contributed by atoms with van der Waals surface area (Å²) in [6.07, 6.45) is 12.0. The second kappa shape index (κ2) is 10.0. The van der Waals surface area contributed by atoms with E-state index in [-0.39, 0.29) is 17.6 Å². The lowest BCUT2D eigenvalue weighted by Crippen LogP contribution is -2.51. The highest BCUT2D eigenvalue weighted by Gasteiger charge is 2.44. The number of hydrogen-bond donors (Lipinski definition) is 1. The minimum Gasteiger partial charge on any atom is -0.450 e. The first-order valence-electron chi connectivity index (χ1n) is 13.6. The summed E-state index contributed by atoms with van der Waals surface area (Å²) in [7, 11) is -3.25. The molecule has 7 nitrogen and oxygen atoms in total. The van der Waals surface area contributed by atoms with Gasteiger partial charge in [-0.15, -0.1) is 0 Å². The molecule has 2 bridgehead atoms. The molecule has 1 spiro atoms. The maximum absolute atomic E-state index is 12.5. The number of piperidine rings is 1. The van der Waals surface area contributed by atoms with Gasteiger partial charge >= 0.3 is 6.09 Å². The maximum atomic E-state index is 12.5. The maximum Gasteiger partial charge on any atom is 0.410 e. The molecule has 0 aromatic heterocycles. The Morgan fingerprint density at radius 3 is 2.17 bits per heavy atom. The molecule has 1 amide bonds. The number of nitrogens with zero attached hydrogens (tertiary/aromatic N) is 2. The zero-order valence-electron chi connectivity index (χ0n) is 21.2. The second-order valence-electron chi connectivity index (χ2n) is 11.2. The number of fused-ring (bicyclic) bond motifs is 4. The molecule has 1 aromatic rings. The van der Waals surface area contributed by atoms with E-state index >= 15 is 0 Å². The van der Waals surface area contributed by atoms with E-state index in [1.54, 1.807) is 0 Å². The van der Waals surface area contributed by atoms with Crippen LogP contribution in [0.4, 0.5) is 4.79 Å². The highest BCUT2D eigenvalue weighted by Crippen LogP contribution is 2.48. The van der Waals surface area contributed by atoms with Crippen LogP contribution < -0.4 is 4.72 Å². The lowest BCUT2D eigenvalue weighted by Gasteiger charge is -2.49. The van der Waals surface area contributed by atoms with Crippen LogP contribution in [0.2, 0.25) is 0 Å². The second-order valence-corrected chi connectivity index (χ2v) is 13.0. The molecule has 0 saturated carbocycles. The Labute approximate surface area is 210 Å². The summed E-state index contributed by atoms with van der Waals surface area (Å²) in [6, 6.07) is 9.64. The molecule has 3 fully saturated rings. The zero-order valence-corrected chi connectivity index (χ0v) is 22.1. The molecule has 3 saturated heterocycles. The van der Waals surface area contributed by atoms with Crippen LogP contribution in [0.3, 0.4) is 0 Å². The standard InChI is InChI=1S/C27H41N3O4S/c1-3-34-26(31)30-21-10-8-20(9-11-22(30)13-12-21)29-18-16-27(17-19-29)15-14-25(28-35(2,32)33)23-6-4-5-7-24(23)27/h4-7,20-22,25,28H,3,8-19H2,1-2H3/t20?,21?,22?,25-/m0/s1. The van der Waals surface area contributed by atoms with Gasteiger partial charge in [-0.3, -0.25) is 0 Å². The molecule has 1 N–H and O–H groups in total. The Kier molecular flexibility index (Phi) is 7.16. The topological polar surface area (TPSA) is 79.0 Å². The third kappa shape index (κ3) is 5.12. The average Bonchev–Trinajstić information content (AvgIpc) is 3.27. The van der Waals surface area contributed by atoms with Gasteiger partial charge in [-0.2, -0.15) is 0 Å². The van der Waals surface area contributed by atoms with Crippen LogP contribution >= 0.6 is 0 Å². The largest absolute Gasteiger partial charge is 0.450 e. The predicted molar refractivity (Wildman–Crippen MR) is 137 cm³/mol. The number of hydrogen-bond acceptors (Lipinski definition) is 5. The molecule has 3 aliphatic heterocycles. The van der Waals surface area contributed by atoms with Crippen molar-refractivity contribution in [1.82, 2.24) is 14.5 Å². The van der Waals surface area contributed by atoms with Gasteiger partial charge in [0.15, 0.2) is 0 Å². The first kappa shape index (κ1) is 25.0. The minimum atomic E-state index is -3.25. The van der Waals surface area contributed by atoms with Gasteiger partial charge in [-0.1, -0.05) is 24.3 Å². The summed E-state index contributed by atoms with van der Waals surface area (Å²) in [5.41, 5.74) is 2.68. The molecule has 35 heavy (non-hydrogen) atoms. The number of carbonyl (C=O) groups excluding carboxylic acids is 1. The van der Waals surface area contributed by atoms with Gasteiger partial charge in [0.2, 0.25) is 10.0 Å². The van der Waals surface area contributed by atoms with Crippen molar-refractivity contribution in [3.8, 4) is 0 Å². The molecule has 1 aliphatic carbocycles. The van der Waals surface area contributed by atoms with Crippen molar-refractivity contribution in [3.05, 3.63) is 35.4 Å². The van der Waals surface area contributed by atoms with Crippen molar-refractivity contribution in [2.75, 3.05) is 26.0 Å². The predicted octanol–water partition coefficient (Wildman–Crippen LogP) is 4.34. The lowest BCUT2D eigenvalue weighted by atomic mass is 9.63. The Morgan fingerprint density at radius 1 is 0.971 bits per heavy atom. The molecular weight excluding hydrogens is 462 g/mol. The summed E-state index contributed by atoms with van der Waals surface area (Å²) >= 11 is 0. The quantitative estimate of drug-likeness (QED) is 0.661. The summed E-state index contributed by atoms with van der Waals surface area (Å²) in [4.78, 5) is 17.3. The Bertz CT molecular complexity index is 1010. The van der Waals surface area contributed by atoms with Gasteiger partial charge in [0, 0.05) is 24.2 Å². The van der Waals surface area contributed by atoms with Crippen molar-refractivity contribution in [2.45, 2.75) is 101 Å². The highest BCUT2D eigenvalue weighted by molar-refractivity contribution is 7.88. The van der Waals surface area contributed by atoms with Crippen molar-refractivity contribution >= 4 is 16.1 Å². The molecule has 194 valence electrons. The van der Waals surface area contributed by atoms with Gasteiger partial charge in [0.1, 0.15) is 0 Å². The number of likely N-dealkylation sites (tertiary alicyclic amines) is 1. The molecule has 1 aromatic carbocycles. The van der Waals surface area contributed by atoms with E-state index in [9.17, 15) is 13.2 Å². The normalized spacial score (nSPS) is 31.0. The Morgan fingerprint density at radius 2 is 1.57 bits per heavy atom. The lowest BCUT2D eigenvalue weighted by molar-refractivity contribution is 0.0558. The van der Waals surface area contributed by atoms with Crippen molar-refractivity contribution < 1.29 is 17.9 Å². The molecule has 2 unspecified atom stereocenters. The van der Waals surface area contributed by atoms with Crippen molar-refractivity contribution in [2.24, 2.45) is 0 Å². The van der Waals surface area contributed by atoms with Gasteiger partial charge in [0.05, 0.1) is 12.9 Å². The SMILES string of the molecule is CCOC(=O)N1C2CCC(N3CCC4(CC[C@H](NS(C)(=O)=O)c5ccccc54)CC3)CCC1CC2. The number of amides is 1. The number of ether oxygens (including phenoxy) is 1. The van der Waals surface area contributed by atoms with Gasteiger partial charge in [-0.05, 0) is 101 Å². The molecular formula is C27H41N3O4S. The van der Waals surface area contributed by atoms with Gasteiger partial charge < -0.3 is 14.5 Å². The fraction of sp³-hybridized carbons (Fsp3) is 0.741. The van der Waals surface area contributed by atoms with E-state index < -0.39 is 10.0 Å².